The second-order valence-corrected chi connectivity index (χ2v) is 13.9. The molecule has 1 heterocycles. The molecular formula is C30H51N3O9S6. The van der Waals surface area contributed by atoms with Gasteiger partial charge in [0, 0.05) is 53.9 Å². The van der Waals surface area contributed by atoms with Gasteiger partial charge in [-0.3, -0.25) is 0 Å². The fourth-order valence-corrected chi connectivity index (χ4v) is 6.35. The van der Waals surface area contributed by atoms with Crippen molar-refractivity contribution in [2.24, 2.45) is 0 Å². The fourth-order valence-electron chi connectivity index (χ4n) is 4.02. The van der Waals surface area contributed by atoms with E-state index in [1.165, 1.54) is 36.1 Å². The zero-order valence-corrected chi connectivity index (χ0v) is 33.2. The predicted molar refractivity (Wildman–Crippen MR) is 208 cm³/mol. The lowest BCUT2D eigenvalue weighted by Gasteiger charge is -2.15. The lowest BCUT2D eigenvalue weighted by molar-refractivity contribution is 0.218. The first-order valence-electron chi connectivity index (χ1n) is 16.6. The molecular weight excluding hydrogens is 739 g/mol. The maximum atomic E-state index is 13.3. The van der Waals surface area contributed by atoms with Crippen LogP contribution in [0.5, 0.6) is 0 Å². The van der Waals surface area contributed by atoms with Crippen LogP contribution < -0.4 is 17.1 Å². The number of unbranched alkanes of at least 4 members (excludes halogenated alkanes) is 9. The third-order valence-electron chi connectivity index (χ3n) is 6.61. The number of ether oxygens (including phenoxy) is 3. The van der Waals surface area contributed by atoms with Crippen LogP contribution in [0.1, 0.15) is 97.8 Å². The zero-order valence-electron chi connectivity index (χ0n) is 28.3. The number of aromatic nitrogens is 3. The van der Waals surface area contributed by atoms with Gasteiger partial charge in [0.15, 0.2) is 0 Å². The summed E-state index contributed by atoms with van der Waals surface area (Å²) in [6.07, 6.45) is 13.2. The molecule has 0 spiro atoms. The van der Waals surface area contributed by atoms with E-state index in [0.717, 1.165) is 108 Å². The summed E-state index contributed by atoms with van der Waals surface area (Å²) in [5, 5.41) is -0.313. The van der Waals surface area contributed by atoms with E-state index in [1.54, 1.807) is 0 Å². The summed E-state index contributed by atoms with van der Waals surface area (Å²) in [6.45, 7) is 5.49. The Morgan fingerprint density at radius 3 is 1.00 bits per heavy atom. The highest BCUT2D eigenvalue weighted by atomic mass is 32.2. The van der Waals surface area contributed by atoms with Gasteiger partial charge in [0.25, 0.3) is 0 Å². The second-order valence-electron chi connectivity index (χ2n) is 10.5. The Morgan fingerprint density at radius 1 is 0.479 bits per heavy atom. The normalized spacial score (nSPS) is 10.8. The minimum absolute atomic E-state index is 0.104. The molecule has 0 aliphatic rings. The standard InChI is InChI=1S/C30H51N3O9S6/c1-4-7-10-13-22-46-40-28(43)37-19-16-31-25(34)32(17-20-38-29(44)41-47-23-14-11-8-5-2)27(36)33(26(31)35)18-21-39-30(45)42-48-24-15-12-9-6-3/h4-24H2,1-3H3. The quantitative estimate of drug-likeness (QED) is 0.0527. The molecule has 0 unspecified atom stereocenters. The smallest absolute Gasteiger partial charge is 0.364 e. The van der Waals surface area contributed by atoms with Gasteiger partial charge in [0.1, 0.15) is 19.8 Å². The van der Waals surface area contributed by atoms with Crippen LogP contribution in [0.4, 0.5) is 0 Å². The highest BCUT2D eigenvalue weighted by molar-refractivity contribution is 7.96. The van der Waals surface area contributed by atoms with Gasteiger partial charge in [-0.05, 0) is 19.3 Å². The van der Waals surface area contributed by atoms with Crippen LogP contribution in [-0.2, 0) is 46.4 Å². The van der Waals surface area contributed by atoms with E-state index >= 15 is 0 Å². The zero-order chi connectivity index (χ0) is 35.4. The molecule has 1 aromatic rings. The van der Waals surface area contributed by atoms with Crippen molar-refractivity contribution in [3.05, 3.63) is 31.5 Å². The Bertz CT molecular complexity index is 1060. The second kappa shape index (κ2) is 29.3. The van der Waals surface area contributed by atoms with Crippen molar-refractivity contribution in [2.45, 2.75) is 117 Å². The van der Waals surface area contributed by atoms with Crippen LogP contribution in [0, 0.1) is 0 Å². The first-order chi connectivity index (χ1) is 23.3. The lowest BCUT2D eigenvalue weighted by Crippen LogP contribution is -2.55. The van der Waals surface area contributed by atoms with Crippen molar-refractivity contribution < 1.29 is 26.8 Å². The van der Waals surface area contributed by atoms with Crippen molar-refractivity contribution >= 4 is 88.5 Å². The number of hydrogen-bond donors (Lipinski definition) is 0. The lowest BCUT2D eigenvalue weighted by atomic mass is 10.2. The van der Waals surface area contributed by atoms with Crippen LogP contribution in [0.25, 0.3) is 0 Å². The third-order valence-corrected chi connectivity index (χ3v) is 9.71. The number of hydrogen-bond acceptors (Lipinski definition) is 15. The maximum Gasteiger partial charge on any atom is 0.364 e. The summed E-state index contributed by atoms with van der Waals surface area (Å²) in [5.41, 5.74) is -2.49. The summed E-state index contributed by atoms with van der Waals surface area (Å²) in [7, 11) is 0. The van der Waals surface area contributed by atoms with Gasteiger partial charge in [-0.25, -0.2) is 28.1 Å². The molecule has 0 aliphatic heterocycles. The van der Waals surface area contributed by atoms with Crippen LogP contribution in [0.2, 0.25) is 0 Å². The summed E-state index contributed by atoms with van der Waals surface area (Å²) >= 11 is 18.9. The molecule has 0 radical (unpaired) electrons. The van der Waals surface area contributed by atoms with Gasteiger partial charge in [0.05, 0.1) is 55.8 Å². The van der Waals surface area contributed by atoms with Crippen molar-refractivity contribution in [3.8, 4) is 0 Å². The van der Waals surface area contributed by atoms with Crippen LogP contribution in [-0.4, -0.2) is 66.5 Å². The van der Waals surface area contributed by atoms with Crippen LogP contribution in [0.3, 0.4) is 0 Å². The summed E-state index contributed by atoms with van der Waals surface area (Å²) in [5.74, 6) is 2.29. The minimum atomic E-state index is -0.832. The van der Waals surface area contributed by atoms with Crippen molar-refractivity contribution in [2.75, 3.05) is 37.1 Å². The van der Waals surface area contributed by atoms with Gasteiger partial charge in [-0.15, -0.1) is 0 Å². The topological polar surface area (TPSA) is 121 Å². The van der Waals surface area contributed by atoms with Gasteiger partial charge in [0.2, 0.25) is 0 Å². The monoisotopic (exact) mass is 789 g/mol. The van der Waals surface area contributed by atoms with Crippen molar-refractivity contribution in [1.29, 1.82) is 0 Å². The molecule has 0 N–H and O–H groups in total. The average molecular weight is 790 g/mol. The molecule has 0 fully saturated rings. The van der Waals surface area contributed by atoms with Crippen molar-refractivity contribution in [1.82, 2.24) is 13.7 Å². The van der Waals surface area contributed by atoms with E-state index in [1.807, 2.05) is 0 Å². The van der Waals surface area contributed by atoms with Crippen LogP contribution in [0.15, 0.2) is 14.4 Å². The highest BCUT2D eigenvalue weighted by Gasteiger charge is 2.17. The third kappa shape index (κ3) is 20.3. The molecule has 12 nitrogen and oxygen atoms in total. The number of thiocarbonyl (C=S) groups is 3. The van der Waals surface area contributed by atoms with Gasteiger partial charge in [-0.1, -0.05) is 78.6 Å². The molecule has 18 heteroatoms. The molecule has 0 saturated carbocycles. The molecule has 0 saturated heterocycles. The Kier molecular flexibility index (Phi) is 27.2. The molecule has 48 heavy (non-hydrogen) atoms. The fraction of sp³-hybridized carbons (Fsp3) is 0.800. The van der Waals surface area contributed by atoms with E-state index in [4.69, 9.17) is 63.4 Å². The summed E-state index contributed by atoms with van der Waals surface area (Å²) in [4.78, 5) is 39.9. The summed E-state index contributed by atoms with van der Waals surface area (Å²) in [6, 6.07) is 0. The Morgan fingerprint density at radius 2 is 0.750 bits per heavy atom. The largest absolute Gasteiger partial charge is 0.454 e. The Labute approximate surface area is 313 Å². The van der Waals surface area contributed by atoms with E-state index in [9.17, 15) is 14.4 Å². The first-order valence-corrected chi connectivity index (χ1v) is 20.5. The van der Waals surface area contributed by atoms with Crippen molar-refractivity contribution in [3.63, 3.8) is 0 Å². The Hall–Kier alpha value is -1.47. The molecule has 1 aromatic heterocycles. The first kappa shape index (κ1) is 44.6. The van der Waals surface area contributed by atoms with Crippen LogP contribution >= 0.6 is 72.8 Å². The molecule has 0 atom stereocenters. The molecule has 0 aliphatic carbocycles. The van der Waals surface area contributed by atoms with E-state index < -0.39 is 17.1 Å². The van der Waals surface area contributed by atoms with E-state index in [2.05, 4.69) is 20.8 Å². The number of nitrogens with zero attached hydrogens (tertiary/aromatic N) is 3. The molecule has 0 bridgehead atoms. The molecule has 0 aromatic carbocycles. The predicted octanol–water partition coefficient (Wildman–Crippen LogP) is 6.81. The molecule has 276 valence electrons. The molecule has 0 amide bonds. The SMILES string of the molecule is CCCCCCSOC(=S)OCCn1c(=O)n(CCOC(=S)OSCCCCCC)c(=O)n(CCOC(=S)OSCCCCCC)c1=O. The average Bonchev–Trinajstić information content (AvgIpc) is 3.07. The van der Waals surface area contributed by atoms with Gasteiger partial charge in [-0.2, -0.15) is 0 Å². The van der Waals surface area contributed by atoms with Gasteiger partial charge < -0.3 is 26.8 Å². The Balaban J connectivity index is 2.85. The highest BCUT2D eigenvalue weighted by Crippen LogP contribution is 2.12. The van der Waals surface area contributed by atoms with Gasteiger partial charge >= 0.3 is 32.8 Å². The minimum Gasteiger partial charge on any atom is -0.454 e. The number of rotatable bonds is 27. The molecule has 1 rings (SSSR count). The van der Waals surface area contributed by atoms with E-state index in [0.29, 0.717) is 0 Å². The van der Waals surface area contributed by atoms with E-state index in [-0.39, 0.29) is 55.2 Å². The summed E-state index contributed by atoms with van der Waals surface area (Å²) < 4.78 is 35.0. The maximum absolute atomic E-state index is 13.3.